The second-order valence-corrected chi connectivity index (χ2v) is 5.44. The molecule has 24 heavy (non-hydrogen) atoms. The number of rotatable bonds is 5. The van der Waals surface area contributed by atoms with Gasteiger partial charge >= 0.3 is 0 Å². The molecule has 0 bridgehead atoms. The first-order valence-electron chi connectivity index (χ1n) is 7.37. The lowest BCUT2D eigenvalue weighted by molar-refractivity contribution is 0.372. The Labute approximate surface area is 157 Å². The second-order valence-electron chi connectivity index (χ2n) is 5.44. The average molecular weight is 448 g/mol. The van der Waals surface area contributed by atoms with Crippen molar-refractivity contribution in [2.75, 3.05) is 7.05 Å². The van der Waals surface area contributed by atoms with Crippen molar-refractivity contribution in [3.05, 3.63) is 47.1 Å². The minimum absolute atomic E-state index is 0. The molecule has 1 aromatic heterocycles. The lowest BCUT2D eigenvalue weighted by Crippen LogP contribution is -2.36. The first kappa shape index (κ1) is 20.2. The maximum atomic E-state index is 13.3. The van der Waals surface area contributed by atoms with E-state index in [1.54, 1.807) is 13.1 Å². The van der Waals surface area contributed by atoms with Crippen molar-refractivity contribution >= 4 is 29.9 Å². The molecule has 0 aliphatic rings. The van der Waals surface area contributed by atoms with E-state index in [1.807, 2.05) is 19.9 Å². The van der Waals surface area contributed by atoms with Gasteiger partial charge < -0.3 is 20.3 Å². The Morgan fingerprint density at radius 2 is 2.00 bits per heavy atom. The van der Waals surface area contributed by atoms with Crippen LogP contribution in [0.4, 0.5) is 4.39 Å². The molecule has 0 saturated heterocycles. The van der Waals surface area contributed by atoms with Crippen LogP contribution >= 0.6 is 24.0 Å². The molecule has 132 valence electrons. The second kappa shape index (κ2) is 9.45. The van der Waals surface area contributed by atoms with Gasteiger partial charge in [-0.15, -0.1) is 24.0 Å². The molecule has 0 atom stereocenters. The summed E-state index contributed by atoms with van der Waals surface area (Å²) in [7, 11) is 1.65. The molecule has 0 fully saturated rings. The fraction of sp³-hybridized carbons (Fsp3) is 0.375. The first-order valence-corrected chi connectivity index (χ1v) is 7.37. The Morgan fingerprint density at radius 3 is 2.58 bits per heavy atom. The number of hydrogen-bond donors (Lipinski definition) is 3. The van der Waals surface area contributed by atoms with Crippen LogP contribution in [0.15, 0.2) is 33.8 Å². The van der Waals surface area contributed by atoms with Crippen LogP contribution in [-0.2, 0) is 13.1 Å². The molecule has 0 amide bonds. The first-order chi connectivity index (χ1) is 11.0. The fourth-order valence-electron chi connectivity index (χ4n) is 1.92. The van der Waals surface area contributed by atoms with Crippen molar-refractivity contribution in [3.63, 3.8) is 0 Å². The summed E-state index contributed by atoms with van der Waals surface area (Å²) < 4.78 is 18.5. The molecule has 6 nitrogen and oxygen atoms in total. The summed E-state index contributed by atoms with van der Waals surface area (Å²) in [6.07, 6.45) is 0. The molecule has 0 unspecified atom stereocenters. The van der Waals surface area contributed by atoms with Gasteiger partial charge in [0.25, 0.3) is 0 Å². The highest BCUT2D eigenvalue weighted by Crippen LogP contribution is 2.16. The molecular formula is C16H22FIN4O2. The third-order valence-corrected chi connectivity index (χ3v) is 3.29. The molecule has 2 rings (SSSR count). The van der Waals surface area contributed by atoms with E-state index in [0.29, 0.717) is 36.3 Å². The largest absolute Gasteiger partial charge is 0.505 e. The van der Waals surface area contributed by atoms with Gasteiger partial charge in [-0.25, -0.2) is 4.39 Å². The van der Waals surface area contributed by atoms with Crippen LogP contribution in [0.2, 0.25) is 0 Å². The number of aliphatic imine (C=N–C) groups is 1. The van der Waals surface area contributed by atoms with E-state index in [0.717, 1.165) is 5.69 Å². The Kier molecular flexibility index (Phi) is 7.96. The highest BCUT2D eigenvalue weighted by Gasteiger charge is 2.08. The van der Waals surface area contributed by atoms with Crippen molar-refractivity contribution < 1.29 is 14.0 Å². The summed E-state index contributed by atoms with van der Waals surface area (Å²) in [5, 5.41) is 19.3. The Balaban J connectivity index is 0.00000288. The fourth-order valence-corrected chi connectivity index (χ4v) is 1.92. The number of nitrogens with one attached hydrogen (secondary N) is 2. The zero-order chi connectivity index (χ0) is 16.8. The van der Waals surface area contributed by atoms with Crippen LogP contribution in [0.25, 0.3) is 0 Å². The number of phenolic OH excluding ortho intramolecular Hbond substituents is 1. The highest BCUT2D eigenvalue weighted by molar-refractivity contribution is 14.0. The van der Waals surface area contributed by atoms with Gasteiger partial charge in [0, 0.05) is 19.7 Å². The third kappa shape index (κ3) is 5.66. The molecule has 1 heterocycles. The number of guanidine groups is 1. The van der Waals surface area contributed by atoms with Gasteiger partial charge in [0.2, 0.25) is 0 Å². The van der Waals surface area contributed by atoms with E-state index in [-0.39, 0.29) is 29.7 Å². The Morgan fingerprint density at radius 1 is 1.29 bits per heavy atom. The van der Waals surface area contributed by atoms with E-state index in [4.69, 9.17) is 4.52 Å². The SMILES string of the molecule is CN=C(NCc1ccc(O)c(F)c1)NCc1cc(C(C)C)no1.I. The number of hydrogen-bond acceptors (Lipinski definition) is 4. The van der Waals surface area contributed by atoms with Crippen LogP contribution in [0.1, 0.15) is 36.8 Å². The smallest absolute Gasteiger partial charge is 0.191 e. The summed E-state index contributed by atoms with van der Waals surface area (Å²) in [6.45, 7) is 4.92. The van der Waals surface area contributed by atoms with E-state index >= 15 is 0 Å². The van der Waals surface area contributed by atoms with Crippen LogP contribution in [-0.4, -0.2) is 23.3 Å². The molecule has 2 aromatic rings. The number of aromatic nitrogens is 1. The molecule has 1 aromatic carbocycles. The summed E-state index contributed by atoms with van der Waals surface area (Å²) in [5.41, 5.74) is 1.61. The number of phenols is 1. The van der Waals surface area contributed by atoms with Gasteiger partial charge in [-0.3, -0.25) is 4.99 Å². The van der Waals surface area contributed by atoms with E-state index < -0.39 is 5.82 Å². The van der Waals surface area contributed by atoms with Crippen LogP contribution < -0.4 is 10.6 Å². The van der Waals surface area contributed by atoms with Crippen LogP contribution in [0.3, 0.4) is 0 Å². The van der Waals surface area contributed by atoms with Crippen LogP contribution in [0.5, 0.6) is 5.75 Å². The zero-order valence-corrected chi connectivity index (χ0v) is 16.2. The zero-order valence-electron chi connectivity index (χ0n) is 13.8. The molecule has 3 N–H and O–H groups in total. The van der Waals surface area contributed by atoms with Gasteiger partial charge in [-0.1, -0.05) is 25.1 Å². The lowest BCUT2D eigenvalue weighted by atomic mass is 10.1. The molecular weight excluding hydrogens is 426 g/mol. The predicted octanol–water partition coefficient (Wildman–Crippen LogP) is 3.13. The molecule has 0 aliphatic heterocycles. The van der Waals surface area contributed by atoms with Crippen molar-refractivity contribution in [3.8, 4) is 5.75 Å². The van der Waals surface area contributed by atoms with E-state index in [1.165, 1.54) is 12.1 Å². The number of aromatic hydroxyl groups is 1. The third-order valence-electron chi connectivity index (χ3n) is 3.29. The minimum Gasteiger partial charge on any atom is -0.505 e. The van der Waals surface area contributed by atoms with Crippen molar-refractivity contribution in [1.82, 2.24) is 15.8 Å². The topological polar surface area (TPSA) is 82.7 Å². The van der Waals surface area contributed by atoms with Crippen molar-refractivity contribution in [1.29, 1.82) is 0 Å². The summed E-state index contributed by atoms with van der Waals surface area (Å²) in [5.74, 6) is 0.584. The predicted molar refractivity (Wildman–Crippen MR) is 101 cm³/mol. The molecule has 0 spiro atoms. The maximum absolute atomic E-state index is 13.3. The minimum atomic E-state index is -0.643. The number of nitrogens with zero attached hydrogens (tertiary/aromatic N) is 2. The number of benzene rings is 1. The van der Waals surface area contributed by atoms with Crippen LogP contribution in [0, 0.1) is 5.82 Å². The Hall–Kier alpha value is -1.84. The van der Waals surface area contributed by atoms with E-state index in [9.17, 15) is 9.50 Å². The molecule has 0 aliphatic carbocycles. The van der Waals surface area contributed by atoms with Gasteiger partial charge in [0.1, 0.15) is 0 Å². The normalized spacial score (nSPS) is 11.3. The summed E-state index contributed by atoms with van der Waals surface area (Å²) >= 11 is 0. The van der Waals surface area contributed by atoms with Gasteiger partial charge in [-0.05, 0) is 23.6 Å². The molecule has 0 radical (unpaired) electrons. The van der Waals surface area contributed by atoms with Gasteiger partial charge in [0.05, 0.1) is 12.2 Å². The number of halogens is 2. The lowest BCUT2D eigenvalue weighted by Gasteiger charge is -2.11. The molecule has 8 heteroatoms. The van der Waals surface area contributed by atoms with Crippen molar-refractivity contribution in [2.45, 2.75) is 32.9 Å². The van der Waals surface area contributed by atoms with E-state index in [2.05, 4.69) is 20.8 Å². The van der Waals surface area contributed by atoms with Crippen molar-refractivity contribution in [2.24, 2.45) is 4.99 Å². The quantitative estimate of drug-likeness (QED) is 0.372. The van der Waals surface area contributed by atoms with Gasteiger partial charge in [0.15, 0.2) is 23.3 Å². The molecule has 0 saturated carbocycles. The Bertz CT molecular complexity index is 688. The summed E-state index contributed by atoms with van der Waals surface area (Å²) in [6, 6.07) is 6.15. The van der Waals surface area contributed by atoms with Gasteiger partial charge in [-0.2, -0.15) is 0 Å². The standard InChI is InChI=1S/C16H21FN4O2.HI/c1-10(2)14-7-12(23-21-14)9-20-16(18-3)19-8-11-4-5-15(22)13(17)6-11;/h4-7,10,22H,8-9H2,1-3H3,(H2,18,19,20);1H. The maximum Gasteiger partial charge on any atom is 0.191 e. The summed E-state index contributed by atoms with van der Waals surface area (Å²) in [4.78, 5) is 4.09. The average Bonchev–Trinajstić information content (AvgIpc) is 3.00. The monoisotopic (exact) mass is 448 g/mol. The highest BCUT2D eigenvalue weighted by atomic mass is 127.